The zero-order chi connectivity index (χ0) is 15.6. The summed E-state index contributed by atoms with van der Waals surface area (Å²) in [5.41, 5.74) is -0.582. The van der Waals surface area contributed by atoms with Crippen LogP contribution in [0, 0.1) is 0 Å². The highest BCUT2D eigenvalue weighted by atomic mass is 79.9. The van der Waals surface area contributed by atoms with Crippen LogP contribution in [0.4, 0.5) is 18.9 Å². The van der Waals surface area contributed by atoms with Crippen molar-refractivity contribution in [2.75, 3.05) is 5.32 Å². The van der Waals surface area contributed by atoms with Gasteiger partial charge in [-0.3, -0.25) is 4.79 Å². The predicted molar refractivity (Wildman–Crippen MR) is 78.5 cm³/mol. The first kappa shape index (κ1) is 15.9. The van der Waals surface area contributed by atoms with Gasteiger partial charge < -0.3 is 5.32 Å². The Morgan fingerprint density at radius 1 is 1.14 bits per heavy atom. The van der Waals surface area contributed by atoms with E-state index in [0.717, 1.165) is 12.1 Å². The predicted octanol–water partition coefficient (Wildman–Crippen LogP) is 5.37. The topological polar surface area (TPSA) is 29.1 Å². The second-order valence-electron chi connectivity index (χ2n) is 4.16. The minimum Gasteiger partial charge on any atom is -0.321 e. The molecule has 1 amide bonds. The number of carbonyl (C=O) groups is 1. The van der Waals surface area contributed by atoms with Crippen molar-refractivity contribution in [3.05, 3.63) is 63.1 Å². The van der Waals surface area contributed by atoms with Crippen molar-refractivity contribution in [3.63, 3.8) is 0 Å². The molecule has 0 saturated heterocycles. The fourth-order valence-corrected chi connectivity index (χ4v) is 2.14. The van der Waals surface area contributed by atoms with Gasteiger partial charge in [-0.2, -0.15) is 13.2 Å². The van der Waals surface area contributed by atoms with Crippen LogP contribution in [-0.4, -0.2) is 5.91 Å². The standard InChI is InChI=1S/C14H8BrClF3NO/c15-11-5-4-10(16)7-12(11)20-13(21)8-2-1-3-9(6-8)14(17,18)19/h1-7H,(H,20,21). The average molecular weight is 379 g/mol. The Morgan fingerprint density at radius 2 is 1.86 bits per heavy atom. The summed E-state index contributed by atoms with van der Waals surface area (Å²) < 4.78 is 38.4. The fourth-order valence-electron chi connectivity index (χ4n) is 1.62. The van der Waals surface area contributed by atoms with Crippen LogP contribution in [0.1, 0.15) is 15.9 Å². The molecule has 1 N–H and O–H groups in total. The second kappa shape index (κ2) is 6.07. The Hall–Kier alpha value is -1.53. The van der Waals surface area contributed by atoms with E-state index >= 15 is 0 Å². The van der Waals surface area contributed by atoms with Crippen LogP contribution in [0.25, 0.3) is 0 Å². The molecule has 0 bridgehead atoms. The summed E-state index contributed by atoms with van der Waals surface area (Å²) in [7, 11) is 0. The van der Waals surface area contributed by atoms with E-state index < -0.39 is 17.6 Å². The number of hydrogen-bond acceptors (Lipinski definition) is 1. The van der Waals surface area contributed by atoms with Gasteiger partial charge in [0.1, 0.15) is 0 Å². The first-order chi connectivity index (χ1) is 9.77. The lowest BCUT2D eigenvalue weighted by atomic mass is 10.1. The summed E-state index contributed by atoms with van der Waals surface area (Å²) in [4.78, 5) is 12.0. The Kier molecular flexibility index (Phi) is 4.58. The maximum atomic E-state index is 12.6. The third kappa shape index (κ3) is 3.98. The minimum absolute atomic E-state index is 0.0864. The molecule has 0 heterocycles. The third-order valence-electron chi connectivity index (χ3n) is 2.63. The van der Waals surface area contributed by atoms with Crippen molar-refractivity contribution in [3.8, 4) is 0 Å². The highest BCUT2D eigenvalue weighted by molar-refractivity contribution is 9.10. The number of hydrogen-bond donors (Lipinski definition) is 1. The number of amides is 1. The molecular weight excluding hydrogens is 371 g/mol. The van der Waals surface area contributed by atoms with Crippen molar-refractivity contribution in [1.82, 2.24) is 0 Å². The van der Waals surface area contributed by atoms with Crippen molar-refractivity contribution < 1.29 is 18.0 Å². The number of nitrogens with one attached hydrogen (secondary N) is 1. The number of alkyl halides is 3. The lowest BCUT2D eigenvalue weighted by Gasteiger charge is -2.10. The van der Waals surface area contributed by atoms with Crippen LogP contribution in [0.5, 0.6) is 0 Å². The molecule has 110 valence electrons. The molecule has 2 nitrogen and oxygen atoms in total. The number of halogens is 5. The van der Waals surface area contributed by atoms with Gasteiger partial charge in [-0.05, 0) is 52.3 Å². The highest BCUT2D eigenvalue weighted by Crippen LogP contribution is 2.30. The largest absolute Gasteiger partial charge is 0.416 e. The molecule has 0 aliphatic carbocycles. The Bertz CT molecular complexity index is 688. The van der Waals surface area contributed by atoms with Crippen molar-refractivity contribution in [1.29, 1.82) is 0 Å². The van der Waals surface area contributed by atoms with Gasteiger partial charge in [-0.15, -0.1) is 0 Å². The van der Waals surface area contributed by atoms with Gasteiger partial charge in [0.15, 0.2) is 0 Å². The monoisotopic (exact) mass is 377 g/mol. The van der Waals surface area contributed by atoms with Crippen LogP contribution < -0.4 is 5.32 Å². The maximum absolute atomic E-state index is 12.6. The first-order valence-corrected chi connectivity index (χ1v) is 6.88. The van der Waals surface area contributed by atoms with E-state index in [-0.39, 0.29) is 5.56 Å². The Morgan fingerprint density at radius 3 is 2.52 bits per heavy atom. The van der Waals surface area contributed by atoms with Gasteiger partial charge in [0.2, 0.25) is 0 Å². The zero-order valence-corrected chi connectivity index (χ0v) is 12.7. The lowest BCUT2D eigenvalue weighted by molar-refractivity contribution is -0.137. The van der Waals surface area contributed by atoms with Crippen LogP contribution >= 0.6 is 27.5 Å². The van der Waals surface area contributed by atoms with E-state index in [9.17, 15) is 18.0 Å². The van der Waals surface area contributed by atoms with Gasteiger partial charge in [-0.1, -0.05) is 17.7 Å². The van der Waals surface area contributed by atoms with E-state index in [2.05, 4.69) is 21.2 Å². The van der Waals surface area contributed by atoms with Crippen molar-refractivity contribution in [2.45, 2.75) is 6.18 Å². The summed E-state index contributed by atoms with van der Waals surface area (Å²) in [5.74, 6) is -0.649. The third-order valence-corrected chi connectivity index (χ3v) is 3.56. The van der Waals surface area contributed by atoms with Crippen LogP contribution in [0.15, 0.2) is 46.9 Å². The molecule has 0 spiro atoms. The van der Waals surface area contributed by atoms with E-state index in [1.54, 1.807) is 12.1 Å². The molecule has 0 aliphatic rings. The number of anilines is 1. The maximum Gasteiger partial charge on any atom is 0.416 e. The molecule has 2 aromatic carbocycles. The summed E-state index contributed by atoms with van der Waals surface area (Å²) in [5, 5.41) is 2.91. The molecule has 2 rings (SSSR count). The molecule has 7 heteroatoms. The highest BCUT2D eigenvalue weighted by Gasteiger charge is 2.30. The molecule has 2 aromatic rings. The van der Waals surface area contributed by atoms with Crippen LogP contribution in [-0.2, 0) is 6.18 Å². The molecule has 0 radical (unpaired) electrons. The summed E-state index contributed by atoms with van der Waals surface area (Å²) in [6.45, 7) is 0. The lowest BCUT2D eigenvalue weighted by Crippen LogP contribution is -2.14. The minimum atomic E-state index is -4.49. The van der Waals surface area contributed by atoms with Gasteiger partial charge >= 0.3 is 6.18 Å². The van der Waals surface area contributed by atoms with Crippen molar-refractivity contribution >= 4 is 39.1 Å². The quantitative estimate of drug-likeness (QED) is 0.747. The van der Waals surface area contributed by atoms with Crippen LogP contribution in [0.3, 0.4) is 0 Å². The van der Waals surface area contributed by atoms with E-state index in [1.165, 1.54) is 18.2 Å². The van der Waals surface area contributed by atoms with Crippen LogP contribution in [0.2, 0.25) is 5.02 Å². The SMILES string of the molecule is O=C(Nc1cc(Cl)ccc1Br)c1cccc(C(F)(F)F)c1. The number of benzene rings is 2. The molecule has 21 heavy (non-hydrogen) atoms. The number of rotatable bonds is 2. The summed E-state index contributed by atoms with van der Waals surface area (Å²) in [6.07, 6.45) is -4.49. The van der Waals surface area contributed by atoms with E-state index in [4.69, 9.17) is 11.6 Å². The van der Waals surface area contributed by atoms with Gasteiger partial charge in [0, 0.05) is 15.1 Å². The Labute approximate surface area is 132 Å². The smallest absolute Gasteiger partial charge is 0.321 e. The normalized spacial score (nSPS) is 11.3. The molecule has 0 fully saturated rings. The molecule has 0 aliphatic heterocycles. The van der Waals surface area contributed by atoms with Gasteiger partial charge in [0.05, 0.1) is 11.3 Å². The summed E-state index contributed by atoms with van der Waals surface area (Å²) >= 11 is 9.03. The van der Waals surface area contributed by atoms with E-state index in [0.29, 0.717) is 15.2 Å². The number of carbonyl (C=O) groups excluding carboxylic acids is 1. The molecular formula is C14H8BrClF3NO. The fraction of sp³-hybridized carbons (Fsp3) is 0.0714. The summed E-state index contributed by atoms with van der Waals surface area (Å²) in [6, 6.07) is 8.94. The molecule has 0 atom stereocenters. The van der Waals surface area contributed by atoms with Gasteiger partial charge in [-0.25, -0.2) is 0 Å². The zero-order valence-electron chi connectivity index (χ0n) is 10.3. The molecule has 0 saturated carbocycles. The van der Waals surface area contributed by atoms with E-state index in [1.807, 2.05) is 0 Å². The second-order valence-corrected chi connectivity index (χ2v) is 5.45. The van der Waals surface area contributed by atoms with Crippen molar-refractivity contribution in [2.24, 2.45) is 0 Å². The first-order valence-electron chi connectivity index (χ1n) is 5.71. The Balaban J connectivity index is 2.27. The molecule has 0 unspecified atom stereocenters. The molecule has 0 aromatic heterocycles. The van der Waals surface area contributed by atoms with Gasteiger partial charge in [0.25, 0.3) is 5.91 Å². The average Bonchev–Trinajstić information content (AvgIpc) is 2.42.